The Morgan fingerprint density at radius 1 is 1.07 bits per heavy atom. The number of hydrogen-bond acceptors (Lipinski definition) is 6. The van der Waals surface area contributed by atoms with E-state index in [1.165, 1.54) is 22.7 Å². The van der Waals surface area contributed by atoms with Crippen molar-refractivity contribution in [2.24, 2.45) is 0 Å². The van der Waals surface area contributed by atoms with Gasteiger partial charge in [-0.05, 0) is 32.3 Å². The molecule has 2 aromatic carbocycles. The number of benzene rings is 2. The number of methoxy groups -OCH3 is 1. The van der Waals surface area contributed by atoms with Gasteiger partial charge in [0.2, 0.25) is 0 Å². The fraction of sp³-hybridized carbons (Fsp3) is 0.238. The van der Waals surface area contributed by atoms with Crippen molar-refractivity contribution >= 4 is 78.0 Å². The number of nitrogens with zero attached hydrogens (tertiary/aromatic N) is 3. The summed E-state index contributed by atoms with van der Waals surface area (Å²) in [6, 6.07) is 13.6. The van der Waals surface area contributed by atoms with Crippen LogP contribution in [0.3, 0.4) is 0 Å². The minimum atomic E-state index is -0.129. The van der Waals surface area contributed by atoms with Gasteiger partial charge < -0.3 is 9.64 Å². The van der Waals surface area contributed by atoms with Crippen molar-refractivity contribution in [3.63, 3.8) is 0 Å². The van der Waals surface area contributed by atoms with E-state index in [2.05, 4.69) is 0 Å². The Morgan fingerprint density at radius 3 is 2.50 bits per heavy atom. The van der Waals surface area contributed by atoms with Gasteiger partial charge in [-0.15, -0.1) is 23.7 Å². The number of likely N-dealkylation sites (N-methyl/N-ethyl adjacent to an activating group) is 1. The topological polar surface area (TPSA) is 45.7 Å². The van der Waals surface area contributed by atoms with Crippen molar-refractivity contribution in [2.75, 3.05) is 39.2 Å². The molecule has 1 amide bonds. The SMILES string of the molecule is COc1cccc2sc(N(CCN(C)C)C(=O)c3sc4ccccc4c3Cl)nc12.Cl. The van der Waals surface area contributed by atoms with Crippen LogP contribution in [0.15, 0.2) is 42.5 Å². The number of rotatable bonds is 6. The highest BCUT2D eigenvalue weighted by molar-refractivity contribution is 7.23. The summed E-state index contributed by atoms with van der Waals surface area (Å²) in [5.74, 6) is 0.570. The number of carbonyl (C=O) groups excluding carboxylic acids is 1. The molecule has 0 aliphatic rings. The monoisotopic (exact) mass is 481 g/mol. The summed E-state index contributed by atoms with van der Waals surface area (Å²) in [6.07, 6.45) is 0. The van der Waals surface area contributed by atoms with Crippen molar-refractivity contribution in [1.82, 2.24) is 9.88 Å². The molecule has 0 N–H and O–H groups in total. The molecule has 0 aliphatic carbocycles. The predicted octanol–water partition coefficient (Wildman–Crippen LogP) is 5.80. The molecule has 0 atom stereocenters. The molecule has 0 radical (unpaired) electrons. The standard InChI is InChI=1S/C21H20ClN3O2S2.ClH/c1-24(2)11-12-25(21-23-18-14(27-3)8-6-10-16(18)29-21)20(26)19-17(22)13-7-4-5-9-15(13)28-19;/h4-10H,11-12H2,1-3H3;1H. The Morgan fingerprint density at radius 2 is 1.80 bits per heavy atom. The van der Waals surface area contributed by atoms with E-state index in [1.54, 1.807) is 12.0 Å². The van der Waals surface area contributed by atoms with Crippen LogP contribution in [0.2, 0.25) is 5.02 Å². The molecule has 0 saturated carbocycles. The smallest absolute Gasteiger partial charge is 0.271 e. The van der Waals surface area contributed by atoms with Crippen LogP contribution < -0.4 is 9.64 Å². The van der Waals surface area contributed by atoms with Crippen molar-refractivity contribution in [3.8, 4) is 5.75 Å². The van der Waals surface area contributed by atoms with Gasteiger partial charge in [0.1, 0.15) is 16.1 Å². The quantitative estimate of drug-likeness (QED) is 0.348. The average Bonchev–Trinajstić information content (AvgIpc) is 3.29. The summed E-state index contributed by atoms with van der Waals surface area (Å²) in [7, 11) is 5.59. The number of halogens is 2. The summed E-state index contributed by atoms with van der Waals surface area (Å²) in [5, 5.41) is 2.05. The lowest BCUT2D eigenvalue weighted by Crippen LogP contribution is -2.36. The molecule has 0 bridgehead atoms. The Kier molecular flexibility index (Phi) is 7.21. The highest BCUT2D eigenvalue weighted by atomic mass is 35.5. The molecule has 0 spiro atoms. The van der Waals surface area contributed by atoms with Gasteiger partial charge in [-0.25, -0.2) is 4.98 Å². The largest absolute Gasteiger partial charge is 0.494 e. The Balaban J connectivity index is 0.00000256. The van der Waals surface area contributed by atoms with Gasteiger partial charge in [-0.1, -0.05) is 47.2 Å². The van der Waals surface area contributed by atoms with Crippen molar-refractivity contribution in [2.45, 2.75) is 0 Å². The number of thiophene rings is 1. The lowest BCUT2D eigenvalue weighted by atomic mass is 10.2. The summed E-state index contributed by atoms with van der Waals surface area (Å²) in [6.45, 7) is 1.22. The van der Waals surface area contributed by atoms with E-state index in [0.29, 0.717) is 33.9 Å². The maximum absolute atomic E-state index is 13.5. The van der Waals surface area contributed by atoms with Gasteiger partial charge in [0, 0.05) is 23.2 Å². The predicted molar refractivity (Wildman–Crippen MR) is 130 cm³/mol. The van der Waals surface area contributed by atoms with Crippen molar-refractivity contribution in [3.05, 3.63) is 52.4 Å². The molecule has 158 valence electrons. The molecule has 0 saturated heterocycles. The maximum atomic E-state index is 13.5. The third-order valence-electron chi connectivity index (χ3n) is 4.57. The van der Waals surface area contributed by atoms with Crippen LogP contribution in [-0.2, 0) is 0 Å². The van der Waals surface area contributed by atoms with Gasteiger partial charge >= 0.3 is 0 Å². The summed E-state index contributed by atoms with van der Waals surface area (Å²) < 4.78 is 7.41. The van der Waals surface area contributed by atoms with Gasteiger partial charge in [0.25, 0.3) is 5.91 Å². The van der Waals surface area contributed by atoms with E-state index < -0.39 is 0 Å². The van der Waals surface area contributed by atoms with E-state index in [4.69, 9.17) is 21.3 Å². The lowest BCUT2D eigenvalue weighted by Gasteiger charge is -2.21. The van der Waals surface area contributed by atoms with E-state index in [1.807, 2.05) is 61.5 Å². The minimum Gasteiger partial charge on any atom is -0.494 e. The number of thiazole rings is 1. The number of aromatic nitrogens is 1. The van der Waals surface area contributed by atoms with Crippen molar-refractivity contribution in [1.29, 1.82) is 0 Å². The first-order valence-corrected chi connectivity index (χ1v) is 11.1. The number of carbonyl (C=O) groups is 1. The lowest BCUT2D eigenvalue weighted by molar-refractivity contribution is 0.0989. The molecular weight excluding hydrogens is 461 g/mol. The molecule has 2 aromatic heterocycles. The van der Waals surface area contributed by atoms with Crippen LogP contribution in [0.25, 0.3) is 20.3 Å². The normalized spacial score (nSPS) is 11.1. The van der Waals surface area contributed by atoms with Crippen LogP contribution in [-0.4, -0.2) is 50.1 Å². The second kappa shape index (κ2) is 9.49. The van der Waals surface area contributed by atoms with Crippen LogP contribution in [0.4, 0.5) is 5.13 Å². The highest BCUT2D eigenvalue weighted by Gasteiger charge is 2.26. The fourth-order valence-electron chi connectivity index (χ4n) is 3.05. The second-order valence-electron chi connectivity index (χ2n) is 6.80. The van der Waals surface area contributed by atoms with E-state index in [0.717, 1.165) is 20.3 Å². The number of ether oxygens (including phenoxy) is 1. The first-order valence-electron chi connectivity index (χ1n) is 9.06. The Hall–Kier alpha value is -1.90. The summed E-state index contributed by atoms with van der Waals surface area (Å²) >= 11 is 9.49. The molecule has 5 nitrogen and oxygen atoms in total. The third-order valence-corrected chi connectivity index (χ3v) is 7.27. The molecule has 0 aliphatic heterocycles. The van der Waals surface area contributed by atoms with Crippen LogP contribution in [0.1, 0.15) is 9.67 Å². The van der Waals surface area contributed by atoms with E-state index >= 15 is 0 Å². The van der Waals surface area contributed by atoms with E-state index in [9.17, 15) is 4.79 Å². The molecular formula is C21H21Cl2N3O2S2. The third kappa shape index (κ3) is 4.26. The van der Waals surface area contributed by atoms with E-state index in [-0.39, 0.29) is 18.3 Å². The van der Waals surface area contributed by atoms with Crippen LogP contribution >= 0.6 is 46.7 Å². The molecule has 2 heterocycles. The number of amides is 1. The summed E-state index contributed by atoms with van der Waals surface area (Å²) in [5.41, 5.74) is 0.764. The fourth-order valence-corrected chi connectivity index (χ4v) is 5.52. The molecule has 0 unspecified atom stereocenters. The second-order valence-corrected chi connectivity index (χ2v) is 9.24. The number of anilines is 1. The zero-order chi connectivity index (χ0) is 20.5. The molecule has 0 fully saturated rings. The zero-order valence-corrected chi connectivity index (χ0v) is 19.9. The molecule has 9 heteroatoms. The van der Waals surface area contributed by atoms with Gasteiger partial charge in [-0.2, -0.15) is 0 Å². The number of para-hydroxylation sites is 1. The Bertz CT molecular complexity index is 1190. The van der Waals surface area contributed by atoms with Crippen LogP contribution in [0.5, 0.6) is 5.75 Å². The first-order chi connectivity index (χ1) is 14.0. The first kappa shape index (κ1) is 22.8. The maximum Gasteiger partial charge on any atom is 0.271 e. The van der Waals surface area contributed by atoms with Crippen LogP contribution in [0, 0.1) is 0 Å². The number of hydrogen-bond donors (Lipinski definition) is 0. The van der Waals surface area contributed by atoms with Gasteiger partial charge in [0.15, 0.2) is 5.13 Å². The van der Waals surface area contributed by atoms with Gasteiger partial charge in [-0.3, -0.25) is 9.69 Å². The average molecular weight is 482 g/mol. The zero-order valence-electron chi connectivity index (χ0n) is 16.7. The molecule has 4 aromatic rings. The Labute approximate surface area is 194 Å². The number of fused-ring (bicyclic) bond motifs is 2. The molecule has 4 rings (SSSR count). The summed E-state index contributed by atoms with van der Waals surface area (Å²) in [4.78, 5) is 22.6. The van der Waals surface area contributed by atoms with Gasteiger partial charge in [0.05, 0.1) is 16.8 Å². The molecule has 30 heavy (non-hydrogen) atoms. The van der Waals surface area contributed by atoms with Crippen molar-refractivity contribution < 1.29 is 9.53 Å². The highest BCUT2D eigenvalue weighted by Crippen LogP contribution is 2.39. The minimum absolute atomic E-state index is 0.